The number of carboxylic acid groups (broad SMARTS) is 1. The van der Waals surface area contributed by atoms with E-state index in [1.165, 1.54) is 5.57 Å². The zero-order valence-corrected chi connectivity index (χ0v) is 14.9. The molecule has 0 heterocycles. The molecule has 0 aromatic heterocycles. The maximum atomic E-state index is 11.9. The van der Waals surface area contributed by atoms with Crippen molar-refractivity contribution >= 4 is 5.97 Å². The largest absolute Gasteiger partial charge is 0.481 e. The van der Waals surface area contributed by atoms with Crippen molar-refractivity contribution in [2.24, 2.45) is 22.7 Å². The molecule has 130 valence electrons. The number of carbonyl (C=O) groups is 1. The van der Waals surface area contributed by atoms with E-state index in [1.54, 1.807) is 13.0 Å². The quantitative estimate of drug-likeness (QED) is 0.730. The molecule has 0 aliphatic heterocycles. The van der Waals surface area contributed by atoms with Crippen LogP contribution in [-0.2, 0) is 4.79 Å². The van der Waals surface area contributed by atoms with Crippen LogP contribution in [-0.4, -0.2) is 21.8 Å². The summed E-state index contributed by atoms with van der Waals surface area (Å²) >= 11 is 0. The van der Waals surface area contributed by atoms with E-state index in [1.807, 2.05) is 6.92 Å². The summed E-state index contributed by atoms with van der Waals surface area (Å²) in [4.78, 5) is 11.9. The summed E-state index contributed by atoms with van der Waals surface area (Å²) in [7, 11) is 0. The highest BCUT2D eigenvalue weighted by Crippen LogP contribution is 2.62. The predicted octanol–water partition coefficient (Wildman–Crippen LogP) is 4.57. The van der Waals surface area contributed by atoms with Crippen molar-refractivity contribution in [3.05, 3.63) is 24.8 Å². The van der Waals surface area contributed by atoms with Crippen LogP contribution in [0.1, 0.15) is 65.7 Å². The van der Waals surface area contributed by atoms with Crippen molar-refractivity contribution in [2.45, 2.75) is 71.3 Å². The summed E-state index contributed by atoms with van der Waals surface area (Å²) in [5.41, 5.74) is -0.294. The molecule has 23 heavy (non-hydrogen) atoms. The van der Waals surface area contributed by atoms with Gasteiger partial charge in [-0.15, -0.1) is 6.58 Å². The minimum Gasteiger partial charge on any atom is -0.481 e. The molecule has 2 rings (SSSR count). The lowest BCUT2D eigenvalue weighted by Gasteiger charge is -2.57. The highest BCUT2D eigenvalue weighted by Gasteiger charge is 2.57. The predicted molar refractivity (Wildman–Crippen MR) is 93.1 cm³/mol. The monoisotopic (exact) mass is 320 g/mol. The molecule has 2 saturated carbocycles. The van der Waals surface area contributed by atoms with E-state index < -0.39 is 17.0 Å². The van der Waals surface area contributed by atoms with Crippen LogP contribution in [0.3, 0.4) is 0 Å². The first-order valence-corrected chi connectivity index (χ1v) is 8.84. The SMILES string of the molecule is C=C[C@@](C)(O)CC[C@@H]1C(=C)CC[C@H]2[C@@]1(C)CCC[C@@]2(C)C(=O)O. The van der Waals surface area contributed by atoms with Gasteiger partial charge in [0.05, 0.1) is 11.0 Å². The zero-order chi connectivity index (χ0) is 17.5. The Hall–Kier alpha value is -1.09. The molecule has 0 radical (unpaired) electrons. The zero-order valence-electron chi connectivity index (χ0n) is 14.9. The Morgan fingerprint density at radius 3 is 2.65 bits per heavy atom. The summed E-state index contributed by atoms with van der Waals surface area (Å²) in [6.07, 6.45) is 7.70. The van der Waals surface area contributed by atoms with Crippen LogP contribution in [0, 0.1) is 22.7 Å². The second-order valence-electron chi connectivity index (χ2n) is 8.48. The number of aliphatic hydroxyl groups is 1. The van der Waals surface area contributed by atoms with Crippen LogP contribution in [0.5, 0.6) is 0 Å². The van der Waals surface area contributed by atoms with E-state index in [0.29, 0.717) is 6.42 Å². The smallest absolute Gasteiger partial charge is 0.309 e. The molecule has 2 aliphatic rings. The van der Waals surface area contributed by atoms with E-state index in [4.69, 9.17) is 0 Å². The Morgan fingerprint density at radius 1 is 1.43 bits per heavy atom. The van der Waals surface area contributed by atoms with Crippen molar-refractivity contribution in [1.82, 2.24) is 0 Å². The minimum absolute atomic E-state index is 0.0298. The molecule has 0 bridgehead atoms. The number of allylic oxidation sites excluding steroid dienone is 1. The molecule has 0 spiro atoms. The van der Waals surface area contributed by atoms with Crippen molar-refractivity contribution in [2.75, 3.05) is 0 Å². The topological polar surface area (TPSA) is 57.5 Å². The first kappa shape index (κ1) is 18.3. The van der Waals surface area contributed by atoms with Crippen LogP contribution in [0.4, 0.5) is 0 Å². The summed E-state index contributed by atoms with van der Waals surface area (Å²) in [5.74, 6) is -0.185. The van der Waals surface area contributed by atoms with Gasteiger partial charge in [0.15, 0.2) is 0 Å². The third kappa shape index (κ3) is 3.13. The molecule has 3 nitrogen and oxygen atoms in total. The number of carboxylic acids is 1. The van der Waals surface area contributed by atoms with Gasteiger partial charge in [0, 0.05) is 0 Å². The van der Waals surface area contributed by atoms with Gasteiger partial charge in [-0.1, -0.05) is 31.6 Å². The normalized spacial score (nSPS) is 40.1. The van der Waals surface area contributed by atoms with Gasteiger partial charge in [0.1, 0.15) is 0 Å². The van der Waals surface area contributed by atoms with Crippen molar-refractivity contribution in [1.29, 1.82) is 0 Å². The van der Waals surface area contributed by atoms with Gasteiger partial charge in [0.2, 0.25) is 0 Å². The van der Waals surface area contributed by atoms with Gasteiger partial charge in [-0.3, -0.25) is 4.79 Å². The van der Waals surface area contributed by atoms with Gasteiger partial charge >= 0.3 is 5.97 Å². The number of aliphatic carboxylic acids is 1. The lowest BCUT2D eigenvalue weighted by atomic mass is 9.46. The lowest BCUT2D eigenvalue weighted by Crippen LogP contribution is -2.53. The molecule has 0 amide bonds. The Bertz CT molecular complexity index is 507. The van der Waals surface area contributed by atoms with Gasteiger partial charge in [-0.25, -0.2) is 0 Å². The average Bonchev–Trinajstić information content (AvgIpc) is 2.46. The molecule has 0 unspecified atom stereocenters. The van der Waals surface area contributed by atoms with Crippen molar-refractivity contribution in [3.8, 4) is 0 Å². The number of hydrogen-bond acceptors (Lipinski definition) is 2. The molecular weight excluding hydrogens is 288 g/mol. The number of rotatable bonds is 5. The molecule has 0 aromatic carbocycles. The van der Waals surface area contributed by atoms with Gasteiger partial charge in [-0.2, -0.15) is 0 Å². The fourth-order valence-electron chi connectivity index (χ4n) is 5.28. The first-order valence-electron chi connectivity index (χ1n) is 8.84. The minimum atomic E-state index is -0.867. The molecular formula is C20H32O3. The molecule has 2 N–H and O–H groups in total. The highest BCUT2D eigenvalue weighted by molar-refractivity contribution is 5.75. The summed E-state index contributed by atoms with van der Waals surface area (Å²) in [6.45, 7) is 14.0. The summed E-state index contributed by atoms with van der Waals surface area (Å²) in [6, 6.07) is 0. The summed E-state index contributed by atoms with van der Waals surface area (Å²) < 4.78 is 0. The molecule has 0 aromatic rings. The van der Waals surface area contributed by atoms with Crippen molar-refractivity contribution < 1.29 is 15.0 Å². The van der Waals surface area contributed by atoms with Crippen molar-refractivity contribution in [3.63, 3.8) is 0 Å². The van der Waals surface area contributed by atoms with Gasteiger partial charge in [0.25, 0.3) is 0 Å². The van der Waals surface area contributed by atoms with Gasteiger partial charge < -0.3 is 10.2 Å². The fraction of sp³-hybridized carbons (Fsp3) is 0.750. The molecule has 5 atom stereocenters. The molecule has 2 aliphatic carbocycles. The molecule has 3 heteroatoms. The third-order valence-corrected chi connectivity index (χ3v) is 6.89. The Labute approximate surface area is 140 Å². The van der Waals surface area contributed by atoms with Crippen LogP contribution in [0.2, 0.25) is 0 Å². The second kappa shape index (κ2) is 6.08. The van der Waals surface area contributed by atoms with Gasteiger partial charge in [-0.05, 0) is 69.6 Å². The average molecular weight is 320 g/mol. The Kier molecular flexibility index (Phi) is 4.83. The van der Waals surface area contributed by atoms with E-state index in [-0.39, 0.29) is 17.3 Å². The lowest BCUT2D eigenvalue weighted by molar-refractivity contribution is -0.164. The maximum absolute atomic E-state index is 11.9. The van der Waals surface area contributed by atoms with Crippen LogP contribution < -0.4 is 0 Å². The number of fused-ring (bicyclic) bond motifs is 1. The third-order valence-electron chi connectivity index (χ3n) is 6.89. The Balaban J connectivity index is 2.29. The Morgan fingerprint density at radius 2 is 2.09 bits per heavy atom. The van der Waals surface area contributed by atoms with Crippen LogP contribution in [0.25, 0.3) is 0 Å². The highest BCUT2D eigenvalue weighted by atomic mass is 16.4. The molecule has 2 fully saturated rings. The van der Waals surface area contributed by atoms with E-state index >= 15 is 0 Å². The maximum Gasteiger partial charge on any atom is 0.309 e. The molecule has 0 saturated heterocycles. The van der Waals surface area contributed by atoms with Crippen LogP contribution >= 0.6 is 0 Å². The second-order valence-corrected chi connectivity index (χ2v) is 8.48. The number of hydrogen-bond donors (Lipinski definition) is 2. The van der Waals surface area contributed by atoms with E-state index in [2.05, 4.69) is 20.1 Å². The van der Waals surface area contributed by atoms with E-state index in [0.717, 1.165) is 38.5 Å². The van der Waals surface area contributed by atoms with E-state index in [9.17, 15) is 15.0 Å². The summed E-state index contributed by atoms with van der Waals surface area (Å²) in [5, 5.41) is 20.1. The standard InChI is InChI=1S/C20H32O3/c1-6-18(3,23)13-10-15-14(2)8-9-16-19(15,4)11-7-12-20(16,5)17(21)22/h6,15-16,23H,1-2,7-13H2,3-5H3,(H,21,22)/t15-,16+,18-,19+,20-/m1/s1. The van der Waals surface area contributed by atoms with Crippen LogP contribution in [0.15, 0.2) is 24.8 Å². The first-order chi connectivity index (χ1) is 10.6. The fourth-order valence-corrected chi connectivity index (χ4v) is 5.28.